The Morgan fingerprint density at radius 2 is 1.92 bits per heavy atom. The van der Waals surface area contributed by atoms with Crippen LogP contribution in [0.5, 0.6) is 0 Å². The van der Waals surface area contributed by atoms with Crippen molar-refractivity contribution in [2.24, 2.45) is 0 Å². The molecule has 1 aromatic heterocycles. The first-order chi connectivity index (χ1) is 11.6. The number of benzene rings is 1. The Bertz CT molecular complexity index is 700. The van der Waals surface area contributed by atoms with E-state index in [2.05, 4.69) is 19.0 Å². The lowest BCUT2D eigenvalue weighted by molar-refractivity contribution is 0.160. The normalized spacial score (nSPS) is 26.8. The third-order valence-corrected chi connectivity index (χ3v) is 5.22. The van der Waals surface area contributed by atoms with E-state index in [4.69, 9.17) is 14.8 Å². The second kappa shape index (κ2) is 6.26. The van der Waals surface area contributed by atoms with Crippen molar-refractivity contribution < 1.29 is 9.13 Å². The Morgan fingerprint density at radius 1 is 1.17 bits per heavy atom. The second-order valence-corrected chi connectivity index (χ2v) is 7.06. The zero-order valence-corrected chi connectivity index (χ0v) is 14.2. The molecule has 1 aliphatic heterocycles. The van der Waals surface area contributed by atoms with E-state index in [1.54, 1.807) is 12.1 Å². The molecule has 0 radical (unpaired) electrons. The highest BCUT2D eigenvalue weighted by Gasteiger charge is 2.36. The zero-order chi connectivity index (χ0) is 16.7. The molecule has 5 nitrogen and oxygen atoms in total. The van der Waals surface area contributed by atoms with Gasteiger partial charge in [0.05, 0.1) is 12.3 Å². The third-order valence-electron chi connectivity index (χ3n) is 5.22. The highest BCUT2D eigenvalue weighted by Crippen LogP contribution is 2.39. The van der Waals surface area contributed by atoms with Crippen molar-refractivity contribution >= 4 is 0 Å². The van der Waals surface area contributed by atoms with Crippen LogP contribution >= 0.6 is 0 Å². The van der Waals surface area contributed by atoms with Gasteiger partial charge in [-0.25, -0.2) is 14.1 Å². The second-order valence-electron chi connectivity index (χ2n) is 7.06. The molecule has 0 bridgehead atoms. The third kappa shape index (κ3) is 2.84. The van der Waals surface area contributed by atoms with Crippen LogP contribution in [0.25, 0.3) is 5.69 Å². The smallest absolute Gasteiger partial charge is 0.156 e. The summed E-state index contributed by atoms with van der Waals surface area (Å²) in [5, 5.41) is 4.75. The SMILES string of the molecule is CN(C)C1CC(c2nc(C3CCOC3)nn2-c2ccc(F)cc2)C1. The summed E-state index contributed by atoms with van der Waals surface area (Å²) in [6.07, 6.45) is 3.15. The van der Waals surface area contributed by atoms with E-state index in [1.807, 2.05) is 4.68 Å². The minimum absolute atomic E-state index is 0.235. The van der Waals surface area contributed by atoms with Gasteiger partial charge >= 0.3 is 0 Å². The predicted octanol–water partition coefficient (Wildman–Crippen LogP) is 2.72. The van der Waals surface area contributed by atoms with Gasteiger partial charge in [-0.15, -0.1) is 0 Å². The molecule has 1 atom stereocenters. The molecule has 6 heteroatoms. The summed E-state index contributed by atoms with van der Waals surface area (Å²) >= 11 is 0. The van der Waals surface area contributed by atoms with Crippen LogP contribution in [-0.4, -0.2) is 53.0 Å². The predicted molar refractivity (Wildman–Crippen MR) is 88.9 cm³/mol. The minimum Gasteiger partial charge on any atom is -0.381 e. The van der Waals surface area contributed by atoms with Gasteiger partial charge in [0.1, 0.15) is 11.6 Å². The highest BCUT2D eigenvalue weighted by molar-refractivity contribution is 5.33. The van der Waals surface area contributed by atoms with E-state index in [0.29, 0.717) is 18.6 Å². The van der Waals surface area contributed by atoms with Crippen LogP contribution < -0.4 is 0 Å². The van der Waals surface area contributed by atoms with Crippen LogP contribution in [0, 0.1) is 5.82 Å². The largest absolute Gasteiger partial charge is 0.381 e. The molecule has 2 aromatic rings. The molecule has 1 saturated heterocycles. The lowest BCUT2D eigenvalue weighted by atomic mass is 9.79. The lowest BCUT2D eigenvalue weighted by Gasteiger charge is -2.39. The standard InChI is InChI=1S/C18H23FN4O/c1-22(2)16-9-13(10-16)18-20-17(12-7-8-24-11-12)21-23(18)15-5-3-14(19)4-6-15/h3-6,12-13,16H,7-11H2,1-2H3. The number of hydrogen-bond donors (Lipinski definition) is 0. The van der Waals surface area contributed by atoms with Crippen LogP contribution in [0.1, 0.15) is 42.7 Å². The van der Waals surface area contributed by atoms with Crippen molar-refractivity contribution in [2.45, 2.75) is 37.1 Å². The van der Waals surface area contributed by atoms with Gasteiger partial charge in [-0.2, -0.15) is 5.10 Å². The molecule has 1 aliphatic carbocycles. The summed E-state index contributed by atoms with van der Waals surface area (Å²) in [7, 11) is 4.24. The van der Waals surface area contributed by atoms with Gasteiger partial charge in [0.2, 0.25) is 0 Å². The maximum Gasteiger partial charge on any atom is 0.156 e. The Labute approximate surface area is 141 Å². The molecule has 24 heavy (non-hydrogen) atoms. The Hall–Kier alpha value is -1.79. The first-order valence-electron chi connectivity index (χ1n) is 8.59. The summed E-state index contributed by atoms with van der Waals surface area (Å²) in [5.41, 5.74) is 0.873. The van der Waals surface area contributed by atoms with Crippen LogP contribution in [-0.2, 0) is 4.74 Å². The van der Waals surface area contributed by atoms with Crippen molar-refractivity contribution in [1.29, 1.82) is 0 Å². The average molecular weight is 330 g/mol. The molecular formula is C18H23FN4O. The summed E-state index contributed by atoms with van der Waals surface area (Å²) < 4.78 is 20.7. The van der Waals surface area contributed by atoms with Gasteiger partial charge < -0.3 is 9.64 Å². The van der Waals surface area contributed by atoms with Gasteiger partial charge in [-0.05, 0) is 57.6 Å². The molecule has 2 fully saturated rings. The van der Waals surface area contributed by atoms with Crippen LogP contribution in [0.2, 0.25) is 0 Å². The zero-order valence-electron chi connectivity index (χ0n) is 14.2. The molecule has 0 N–H and O–H groups in total. The van der Waals surface area contributed by atoms with Crippen LogP contribution in [0.4, 0.5) is 4.39 Å². The molecule has 0 spiro atoms. The molecule has 4 rings (SSSR count). The van der Waals surface area contributed by atoms with Gasteiger partial charge in [0.15, 0.2) is 5.82 Å². The van der Waals surface area contributed by atoms with Crippen molar-refractivity contribution in [1.82, 2.24) is 19.7 Å². The summed E-state index contributed by atoms with van der Waals surface area (Å²) in [4.78, 5) is 7.13. The lowest BCUT2D eigenvalue weighted by Crippen LogP contribution is -2.40. The first-order valence-corrected chi connectivity index (χ1v) is 8.59. The molecule has 1 aromatic carbocycles. The van der Waals surface area contributed by atoms with Crippen molar-refractivity contribution in [3.05, 3.63) is 41.7 Å². The topological polar surface area (TPSA) is 43.2 Å². The van der Waals surface area contributed by atoms with Crippen LogP contribution in [0.3, 0.4) is 0 Å². The Balaban J connectivity index is 1.66. The van der Waals surface area contributed by atoms with Gasteiger partial charge in [0, 0.05) is 24.5 Å². The molecule has 1 saturated carbocycles. The van der Waals surface area contributed by atoms with E-state index >= 15 is 0 Å². The number of halogens is 1. The van der Waals surface area contributed by atoms with E-state index < -0.39 is 0 Å². The maximum atomic E-state index is 13.3. The van der Waals surface area contributed by atoms with E-state index in [9.17, 15) is 4.39 Å². The van der Waals surface area contributed by atoms with E-state index in [1.165, 1.54) is 12.1 Å². The fourth-order valence-corrected chi connectivity index (χ4v) is 3.51. The molecule has 2 aliphatic rings. The van der Waals surface area contributed by atoms with Crippen molar-refractivity contribution in [3.63, 3.8) is 0 Å². The van der Waals surface area contributed by atoms with Gasteiger partial charge in [-0.3, -0.25) is 0 Å². The molecule has 2 heterocycles. The van der Waals surface area contributed by atoms with Gasteiger partial charge in [0.25, 0.3) is 0 Å². The Morgan fingerprint density at radius 3 is 2.54 bits per heavy atom. The number of nitrogens with zero attached hydrogens (tertiary/aromatic N) is 4. The van der Waals surface area contributed by atoms with E-state index in [0.717, 1.165) is 43.2 Å². The Kier molecular flexibility index (Phi) is 4.10. The number of aromatic nitrogens is 3. The highest BCUT2D eigenvalue weighted by atomic mass is 19.1. The maximum absolute atomic E-state index is 13.3. The van der Waals surface area contributed by atoms with E-state index in [-0.39, 0.29) is 11.7 Å². The fraction of sp³-hybridized carbons (Fsp3) is 0.556. The number of ether oxygens (including phenoxy) is 1. The van der Waals surface area contributed by atoms with Crippen molar-refractivity contribution in [2.75, 3.05) is 27.3 Å². The fourth-order valence-electron chi connectivity index (χ4n) is 3.51. The minimum atomic E-state index is -0.235. The average Bonchev–Trinajstić information content (AvgIpc) is 3.15. The molecule has 0 amide bonds. The summed E-state index contributed by atoms with van der Waals surface area (Å²) in [6.45, 7) is 1.47. The number of hydrogen-bond acceptors (Lipinski definition) is 4. The van der Waals surface area contributed by atoms with Gasteiger partial charge in [-0.1, -0.05) is 0 Å². The number of rotatable bonds is 4. The summed E-state index contributed by atoms with van der Waals surface area (Å²) in [6, 6.07) is 7.09. The monoisotopic (exact) mass is 330 g/mol. The van der Waals surface area contributed by atoms with Crippen LogP contribution in [0.15, 0.2) is 24.3 Å². The molecule has 128 valence electrons. The molecular weight excluding hydrogens is 307 g/mol. The molecule has 1 unspecified atom stereocenters. The summed E-state index contributed by atoms with van der Waals surface area (Å²) in [5.74, 6) is 2.31. The van der Waals surface area contributed by atoms with Crippen molar-refractivity contribution in [3.8, 4) is 5.69 Å². The first kappa shape index (κ1) is 15.7. The quantitative estimate of drug-likeness (QED) is 0.864.